The highest BCUT2D eigenvalue weighted by Gasteiger charge is 2.13. The van der Waals surface area contributed by atoms with E-state index in [1.165, 1.54) is 6.07 Å². The standard InChI is InChI=1S/C4HBr2ClN2O2S/c5-2-1-3(12(7,10)11)9-4(6)8-2/h1H. The van der Waals surface area contributed by atoms with E-state index in [1.54, 1.807) is 0 Å². The van der Waals surface area contributed by atoms with Crippen LogP contribution in [0.3, 0.4) is 0 Å². The zero-order valence-electron chi connectivity index (χ0n) is 5.33. The van der Waals surface area contributed by atoms with Crippen LogP contribution in [0.4, 0.5) is 0 Å². The van der Waals surface area contributed by atoms with Crippen molar-refractivity contribution in [2.24, 2.45) is 0 Å². The quantitative estimate of drug-likeness (QED) is 0.447. The highest BCUT2D eigenvalue weighted by Crippen LogP contribution is 2.18. The molecular weight excluding hydrogens is 335 g/mol. The predicted octanol–water partition coefficient (Wildman–Crippen LogP) is 1.93. The van der Waals surface area contributed by atoms with Crippen LogP contribution in [0.25, 0.3) is 0 Å². The van der Waals surface area contributed by atoms with Crippen molar-refractivity contribution in [3.8, 4) is 0 Å². The molecule has 0 fully saturated rings. The fourth-order valence-corrected chi connectivity index (χ4v) is 2.45. The fraction of sp³-hybridized carbons (Fsp3) is 0. The minimum Gasteiger partial charge on any atom is -0.215 e. The van der Waals surface area contributed by atoms with Gasteiger partial charge in [0.25, 0.3) is 9.05 Å². The summed E-state index contributed by atoms with van der Waals surface area (Å²) in [6.07, 6.45) is 0. The second kappa shape index (κ2) is 3.57. The van der Waals surface area contributed by atoms with Crippen LogP contribution in [-0.2, 0) is 9.05 Å². The van der Waals surface area contributed by atoms with Gasteiger partial charge in [-0.15, -0.1) is 0 Å². The Morgan fingerprint density at radius 2 is 1.92 bits per heavy atom. The van der Waals surface area contributed by atoms with Gasteiger partial charge in [0.2, 0.25) is 0 Å². The molecule has 1 aromatic heterocycles. The van der Waals surface area contributed by atoms with Crippen LogP contribution in [0.15, 0.2) is 20.4 Å². The van der Waals surface area contributed by atoms with Crippen molar-refractivity contribution in [1.82, 2.24) is 9.97 Å². The molecule has 0 N–H and O–H groups in total. The highest BCUT2D eigenvalue weighted by atomic mass is 79.9. The van der Waals surface area contributed by atoms with Crippen LogP contribution in [-0.4, -0.2) is 18.4 Å². The Hall–Kier alpha value is 0.280. The molecule has 0 bridgehead atoms. The van der Waals surface area contributed by atoms with Crippen molar-refractivity contribution >= 4 is 51.6 Å². The van der Waals surface area contributed by atoms with Crippen molar-refractivity contribution in [2.75, 3.05) is 0 Å². The number of halogens is 3. The van der Waals surface area contributed by atoms with Gasteiger partial charge in [-0.25, -0.2) is 18.4 Å². The van der Waals surface area contributed by atoms with E-state index in [0.717, 1.165) is 0 Å². The van der Waals surface area contributed by atoms with Gasteiger partial charge in [-0.05, 0) is 31.9 Å². The van der Waals surface area contributed by atoms with E-state index in [9.17, 15) is 8.42 Å². The van der Waals surface area contributed by atoms with Gasteiger partial charge in [0.05, 0.1) is 0 Å². The van der Waals surface area contributed by atoms with Gasteiger partial charge in [0, 0.05) is 16.7 Å². The molecule has 1 heterocycles. The predicted molar refractivity (Wildman–Crippen MR) is 50.5 cm³/mol. The topological polar surface area (TPSA) is 59.9 Å². The normalized spacial score (nSPS) is 11.6. The minimum atomic E-state index is -3.79. The largest absolute Gasteiger partial charge is 0.278 e. The molecule has 0 unspecified atom stereocenters. The van der Waals surface area contributed by atoms with E-state index < -0.39 is 9.05 Å². The van der Waals surface area contributed by atoms with E-state index in [-0.39, 0.29) is 9.76 Å². The third-order valence-electron chi connectivity index (χ3n) is 0.894. The number of rotatable bonds is 1. The Balaban J connectivity index is 3.37. The van der Waals surface area contributed by atoms with E-state index in [1.807, 2.05) is 0 Å². The van der Waals surface area contributed by atoms with E-state index in [4.69, 9.17) is 10.7 Å². The van der Waals surface area contributed by atoms with Crippen LogP contribution >= 0.6 is 42.5 Å². The summed E-state index contributed by atoms with van der Waals surface area (Å²) in [5, 5.41) is -0.238. The Labute approximate surface area is 90.0 Å². The second-order valence-electron chi connectivity index (χ2n) is 1.74. The summed E-state index contributed by atoms with van der Waals surface area (Å²) in [7, 11) is 1.26. The van der Waals surface area contributed by atoms with Crippen molar-refractivity contribution < 1.29 is 8.42 Å². The molecule has 1 aromatic rings. The molecule has 12 heavy (non-hydrogen) atoms. The van der Waals surface area contributed by atoms with Crippen molar-refractivity contribution in [3.63, 3.8) is 0 Å². The SMILES string of the molecule is O=S(=O)(Cl)c1cc(Br)nc(Br)n1. The van der Waals surface area contributed by atoms with Gasteiger partial charge >= 0.3 is 0 Å². The first-order valence-electron chi connectivity index (χ1n) is 2.54. The third-order valence-corrected chi connectivity index (χ3v) is 2.84. The fourth-order valence-electron chi connectivity index (χ4n) is 0.495. The highest BCUT2D eigenvalue weighted by molar-refractivity contribution is 9.11. The van der Waals surface area contributed by atoms with E-state index in [2.05, 4.69) is 41.8 Å². The molecule has 66 valence electrons. The van der Waals surface area contributed by atoms with Crippen molar-refractivity contribution in [2.45, 2.75) is 5.03 Å². The van der Waals surface area contributed by atoms with E-state index >= 15 is 0 Å². The van der Waals surface area contributed by atoms with Gasteiger partial charge in [-0.3, -0.25) is 0 Å². The third kappa shape index (κ3) is 2.65. The Bertz CT molecular complexity index is 387. The lowest BCUT2D eigenvalue weighted by Crippen LogP contribution is -1.97. The summed E-state index contributed by atoms with van der Waals surface area (Å²) in [6.45, 7) is 0. The molecule has 0 spiro atoms. The summed E-state index contributed by atoms with van der Waals surface area (Å²) in [5.41, 5.74) is 0. The molecule has 0 atom stereocenters. The van der Waals surface area contributed by atoms with Gasteiger partial charge in [-0.2, -0.15) is 0 Å². The lowest BCUT2D eigenvalue weighted by molar-refractivity contribution is 0.605. The van der Waals surface area contributed by atoms with Crippen LogP contribution < -0.4 is 0 Å². The summed E-state index contributed by atoms with van der Waals surface area (Å²) in [5.74, 6) is 0. The molecule has 0 aliphatic rings. The minimum absolute atomic E-state index is 0.163. The molecule has 0 saturated carbocycles. The van der Waals surface area contributed by atoms with Gasteiger partial charge in [-0.1, -0.05) is 0 Å². The first-order valence-corrected chi connectivity index (χ1v) is 6.44. The maximum absolute atomic E-state index is 10.8. The molecule has 0 aliphatic heterocycles. The molecule has 0 aliphatic carbocycles. The summed E-state index contributed by atoms with van der Waals surface area (Å²) in [4.78, 5) is 7.31. The number of nitrogens with zero attached hydrogens (tertiary/aromatic N) is 2. The molecule has 0 saturated heterocycles. The zero-order chi connectivity index (χ0) is 9.35. The molecule has 4 nitrogen and oxygen atoms in total. The first-order chi connectivity index (χ1) is 5.39. The van der Waals surface area contributed by atoms with Crippen molar-refractivity contribution in [1.29, 1.82) is 0 Å². The Kier molecular flexibility index (Phi) is 3.08. The average molecular weight is 336 g/mol. The maximum atomic E-state index is 10.8. The molecule has 8 heteroatoms. The second-order valence-corrected chi connectivity index (χ2v) is 5.77. The lowest BCUT2D eigenvalue weighted by atomic mass is 10.7. The summed E-state index contributed by atoms with van der Waals surface area (Å²) in [6, 6.07) is 1.22. The maximum Gasteiger partial charge on any atom is 0.278 e. The molecule has 0 amide bonds. The molecular formula is C4HBr2ClN2O2S. The van der Waals surface area contributed by atoms with Crippen LogP contribution in [0, 0.1) is 0 Å². The smallest absolute Gasteiger partial charge is 0.215 e. The molecule has 0 aromatic carbocycles. The summed E-state index contributed by atoms with van der Waals surface area (Å²) >= 11 is 5.93. The first kappa shape index (κ1) is 10.4. The molecule has 0 radical (unpaired) electrons. The summed E-state index contributed by atoms with van der Waals surface area (Å²) < 4.78 is 22.1. The average Bonchev–Trinajstić information content (AvgIpc) is 1.82. The Morgan fingerprint density at radius 1 is 1.33 bits per heavy atom. The monoisotopic (exact) mass is 334 g/mol. The zero-order valence-corrected chi connectivity index (χ0v) is 10.1. The van der Waals surface area contributed by atoms with Crippen LogP contribution in [0.5, 0.6) is 0 Å². The van der Waals surface area contributed by atoms with Crippen molar-refractivity contribution in [3.05, 3.63) is 15.4 Å². The van der Waals surface area contributed by atoms with Gasteiger partial charge in [0.1, 0.15) is 4.60 Å². The number of hydrogen-bond acceptors (Lipinski definition) is 4. The number of aromatic nitrogens is 2. The van der Waals surface area contributed by atoms with E-state index in [0.29, 0.717) is 4.60 Å². The lowest BCUT2D eigenvalue weighted by Gasteiger charge is -1.96. The van der Waals surface area contributed by atoms with Crippen LogP contribution in [0.2, 0.25) is 0 Å². The van der Waals surface area contributed by atoms with Gasteiger partial charge < -0.3 is 0 Å². The van der Waals surface area contributed by atoms with Gasteiger partial charge in [0.15, 0.2) is 9.76 Å². The molecule has 1 rings (SSSR count). The Morgan fingerprint density at radius 3 is 2.33 bits per heavy atom. The van der Waals surface area contributed by atoms with Crippen LogP contribution in [0.1, 0.15) is 0 Å². The number of hydrogen-bond donors (Lipinski definition) is 0.